The number of carbonyl (C=O) groups excluding carboxylic acids is 1. The molecule has 1 atom stereocenters. The first kappa shape index (κ1) is 12.3. The summed E-state index contributed by atoms with van der Waals surface area (Å²) in [5, 5.41) is 17.8. The van der Waals surface area contributed by atoms with Crippen LogP contribution in [0.3, 0.4) is 0 Å². The van der Waals surface area contributed by atoms with E-state index in [0.29, 0.717) is 0 Å². The molecule has 0 fully saturated rings. The van der Waals surface area contributed by atoms with Crippen LogP contribution in [-0.2, 0) is 9.53 Å². The number of nitrogens with two attached hydrogens (primary N) is 1. The molecule has 0 aromatic heterocycles. The number of ether oxygens (including phenoxy) is 1. The highest BCUT2D eigenvalue weighted by Gasteiger charge is 2.35. The van der Waals surface area contributed by atoms with Gasteiger partial charge in [0.1, 0.15) is 11.5 Å². The van der Waals surface area contributed by atoms with Crippen LogP contribution in [0.5, 0.6) is 0 Å². The maximum Gasteiger partial charge on any atom is 0.316 e. The third kappa shape index (κ3) is 4.82. The lowest BCUT2D eigenvalue weighted by Gasteiger charge is -2.26. The van der Waals surface area contributed by atoms with Gasteiger partial charge < -0.3 is 14.9 Å². The predicted octanol–water partition coefficient (Wildman–Crippen LogP) is -0.439. The van der Waals surface area contributed by atoms with Crippen molar-refractivity contribution >= 4 is 5.97 Å². The van der Waals surface area contributed by atoms with Crippen molar-refractivity contribution in [3.63, 3.8) is 0 Å². The Morgan fingerprint density at radius 1 is 1.38 bits per heavy atom. The summed E-state index contributed by atoms with van der Waals surface area (Å²) in [5.74, 6) is -4.44. The molecule has 0 saturated carbocycles. The van der Waals surface area contributed by atoms with Gasteiger partial charge in [-0.1, -0.05) is 0 Å². The van der Waals surface area contributed by atoms with E-state index in [2.05, 4.69) is 0 Å². The van der Waals surface area contributed by atoms with Crippen molar-refractivity contribution in [2.45, 2.75) is 39.2 Å². The first-order valence-electron chi connectivity index (χ1n) is 4.00. The molecule has 0 heterocycles. The zero-order valence-corrected chi connectivity index (χ0v) is 8.37. The summed E-state index contributed by atoms with van der Waals surface area (Å²) in [6.45, 7) is 6.34. The second kappa shape index (κ2) is 3.61. The van der Waals surface area contributed by atoms with E-state index < -0.39 is 23.4 Å². The number of hydrogen-bond acceptors (Lipinski definition) is 5. The molecule has 0 bridgehead atoms. The average Bonchev–Trinajstić information content (AvgIpc) is 1.79. The van der Waals surface area contributed by atoms with Crippen molar-refractivity contribution in [2.75, 3.05) is 0 Å². The quantitative estimate of drug-likeness (QED) is 0.406. The first-order chi connectivity index (χ1) is 5.54. The van der Waals surface area contributed by atoms with E-state index in [0.717, 1.165) is 0 Å². The Morgan fingerprint density at radius 3 is 2.00 bits per heavy atom. The fourth-order valence-electron chi connectivity index (χ4n) is 0.564. The molecule has 0 radical (unpaired) electrons. The summed E-state index contributed by atoms with van der Waals surface area (Å²) < 4.78 is 4.89. The van der Waals surface area contributed by atoms with Gasteiger partial charge in [0.25, 0.3) is 0 Å². The van der Waals surface area contributed by atoms with E-state index in [1.807, 2.05) is 0 Å². The summed E-state index contributed by atoms with van der Waals surface area (Å²) in [5.41, 5.74) is 4.25. The minimum Gasteiger partial charge on any atom is -0.460 e. The van der Waals surface area contributed by atoms with E-state index in [4.69, 9.17) is 20.7 Å². The van der Waals surface area contributed by atoms with Crippen LogP contribution in [0.15, 0.2) is 0 Å². The van der Waals surface area contributed by atoms with Gasteiger partial charge in [-0.15, -0.1) is 0 Å². The highest BCUT2D eigenvalue weighted by atomic mass is 16.6. The molecule has 0 amide bonds. The van der Waals surface area contributed by atoms with Gasteiger partial charge in [0.2, 0.25) is 5.91 Å². The third-order valence-electron chi connectivity index (χ3n) is 1.40. The minimum absolute atomic E-state index is 0.656. The highest BCUT2D eigenvalue weighted by Crippen LogP contribution is 2.15. The van der Waals surface area contributed by atoms with Gasteiger partial charge in [0, 0.05) is 0 Å². The van der Waals surface area contributed by atoms with Crippen LogP contribution in [0.1, 0.15) is 27.7 Å². The SMILES string of the molecule is CC(C(=O)OC(C)(C)C)C(N)(O)O. The number of aliphatic hydroxyl groups is 2. The first-order valence-corrected chi connectivity index (χ1v) is 4.00. The third-order valence-corrected chi connectivity index (χ3v) is 1.40. The summed E-state index contributed by atoms with van der Waals surface area (Å²) in [7, 11) is 0. The molecule has 0 rings (SSSR count). The van der Waals surface area contributed by atoms with Crippen molar-refractivity contribution in [1.82, 2.24) is 0 Å². The Labute approximate surface area is 77.5 Å². The molecular weight excluding hydrogens is 174 g/mol. The lowest BCUT2D eigenvalue weighted by molar-refractivity contribution is -0.211. The van der Waals surface area contributed by atoms with Gasteiger partial charge in [-0.2, -0.15) is 0 Å². The summed E-state index contributed by atoms with van der Waals surface area (Å²) >= 11 is 0. The van der Waals surface area contributed by atoms with Crippen LogP contribution in [0.2, 0.25) is 0 Å². The summed E-state index contributed by atoms with van der Waals surface area (Å²) in [6.07, 6.45) is 0. The van der Waals surface area contributed by atoms with Crippen molar-refractivity contribution in [3.8, 4) is 0 Å². The van der Waals surface area contributed by atoms with Crippen molar-refractivity contribution in [3.05, 3.63) is 0 Å². The maximum atomic E-state index is 11.2. The van der Waals surface area contributed by atoms with Crippen LogP contribution in [0, 0.1) is 5.92 Å². The average molecular weight is 191 g/mol. The van der Waals surface area contributed by atoms with Gasteiger partial charge in [-0.3, -0.25) is 10.5 Å². The molecule has 1 unspecified atom stereocenters. The zero-order chi connectivity index (χ0) is 10.9. The van der Waals surface area contributed by atoms with E-state index in [9.17, 15) is 4.79 Å². The van der Waals surface area contributed by atoms with E-state index in [1.54, 1.807) is 20.8 Å². The molecule has 0 aromatic rings. The minimum atomic E-state index is -2.53. The second-order valence-corrected chi connectivity index (χ2v) is 4.04. The smallest absolute Gasteiger partial charge is 0.316 e. The van der Waals surface area contributed by atoms with Crippen LogP contribution < -0.4 is 5.73 Å². The highest BCUT2D eigenvalue weighted by molar-refractivity contribution is 5.73. The van der Waals surface area contributed by atoms with Crippen LogP contribution in [0.4, 0.5) is 0 Å². The van der Waals surface area contributed by atoms with Gasteiger partial charge in [-0.05, 0) is 27.7 Å². The summed E-state index contributed by atoms with van der Waals surface area (Å²) in [4.78, 5) is 11.2. The lowest BCUT2D eigenvalue weighted by Crippen LogP contribution is -2.50. The number of esters is 1. The van der Waals surface area contributed by atoms with Crippen molar-refractivity contribution in [2.24, 2.45) is 11.7 Å². The normalized spacial score (nSPS) is 15.3. The van der Waals surface area contributed by atoms with Crippen LogP contribution in [0.25, 0.3) is 0 Å². The fourth-order valence-corrected chi connectivity index (χ4v) is 0.564. The molecular formula is C8H17NO4. The largest absolute Gasteiger partial charge is 0.460 e. The Kier molecular flexibility index (Phi) is 3.43. The van der Waals surface area contributed by atoms with Gasteiger partial charge >= 0.3 is 5.97 Å². The molecule has 5 heteroatoms. The topological polar surface area (TPSA) is 92.8 Å². The number of carbonyl (C=O) groups is 1. The Balaban J connectivity index is 4.30. The number of hydrogen-bond donors (Lipinski definition) is 3. The second-order valence-electron chi connectivity index (χ2n) is 4.04. The van der Waals surface area contributed by atoms with Crippen molar-refractivity contribution in [1.29, 1.82) is 0 Å². The molecule has 0 aliphatic heterocycles. The fraction of sp³-hybridized carbons (Fsp3) is 0.875. The molecule has 4 N–H and O–H groups in total. The lowest BCUT2D eigenvalue weighted by atomic mass is 10.1. The molecule has 13 heavy (non-hydrogen) atoms. The Bertz CT molecular complexity index is 189. The molecule has 0 aliphatic rings. The molecule has 0 spiro atoms. The van der Waals surface area contributed by atoms with Gasteiger partial charge in [-0.25, -0.2) is 0 Å². The summed E-state index contributed by atoms with van der Waals surface area (Å²) in [6, 6.07) is 0. The van der Waals surface area contributed by atoms with E-state index in [1.165, 1.54) is 6.92 Å². The maximum absolute atomic E-state index is 11.2. The Morgan fingerprint density at radius 2 is 1.77 bits per heavy atom. The van der Waals surface area contributed by atoms with Crippen LogP contribution in [-0.4, -0.2) is 27.7 Å². The number of rotatable bonds is 2. The van der Waals surface area contributed by atoms with Crippen molar-refractivity contribution < 1.29 is 19.7 Å². The Hall–Kier alpha value is -0.650. The predicted molar refractivity (Wildman–Crippen MR) is 46.4 cm³/mol. The monoisotopic (exact) mass is 191 g/mol. The molecule has 0 aromatic carbocycles. The molecule has 78 valence electrons. The van der Waals surface area contributed by atoms with Gasteiger partial charge in [0.15, 0.2) is 0 Å². The van der Waals surface area contributed by atoms with Crippen LogP contribution >= 0.6 is 0 Å². The van der Waals surface area contributed by atoms with Gasteiger partial charge in [0.05, 0.1) is 0 Å². The van der Waals surface area contributed by atoms with E-state index >= 15 is 0 Å². The zero-order valence-electron chi connectivity index (χ0n) is 8.37. The molecule has 0 aliphatic carbocycles. The van der Waals surface area contributed by atoms with E-state index in [-0.39, 0.29) is 0 Å². The standard InChI is InChI=1S/C8H17NO4/c1-5(8(9,11)12)6(10)13-7(2,3)4/h5,11-12H,9H2,1-4H3. The molecule has 5 nitrogen and oxygen atoms in total. The molecule has 0 saturated heterocycles.